The average Bonchev–Trinajstić information content (AvgIpc) is 3.23. The first-order valence-corrected chi connectivity index (χ1v) is 7.46. The first-order chi connectivity index (χ1) is 10.6. The molecule has 1 fully saturated rings. The zero-order valence-electron chi connectivity index (χ0n) is 13.2. The number of carbonyl (C=O) groups excluding carboxylic acids is 1. The van der Waals surface area contributed by atoms with Gasteiger partial charge in [0.25, 0.3) is 0 Å². The van der Waals surface area contributed by atoms with Crippen LogP contribution in [0.15, 0.2) is 30.6 Å². The number of nitrogens with zero attached hydrogens (tertiary/aromatic N) is 2. The molecule has 3 rings (SSSR count). The van der Waals surface area contributed by atoms with Crippen LogP contribution in [0.25, 0.3) is 0 Å². The Kier molecular flexibility index (Phi) is 3.64. The molecule has 1 aliphatic carbocycles. The molecule has 0 spiro atoms. The second kappa shape index (κ2) is 5.48. The lowest BCUT2D eigenvalue weighted by molar-refractivity contribution is -0.123. The number of benzene rings is 1. The Bertz CT molecular complexity index is 702. The van der Waals surface area contributed by atoms with Crippen LogP contribution in [0.5, 0.6) is 5.75 Å². The minimum Gasteiger partial charge on any atom is -0.496 e. The molecule has 22 heavy (non-hydrogen) atoms. The summed E-state index contributed by atoms with van der Waals surface area (Å²) in [5.74, 6) is 1.76. The molecule has 5 nitrogen and oxygen atoms in total. The minimum absolute atomic E-state index is 0.0707. The molecule has 0 aliphatic heterocycles. The van der Waals surface area contributed by atoms with Crippen molar-refractivity contribution in [3.05, 3.63) is 47.5 Å². The lowest BCUT2D eigenvalue weighted by atomic mass is 9.93. The maximum absolute atomic E-state index is 12.6. The van der Waals surface area contributed by atoms with Crippen LogP contribution in [-0.2, 0) is 23.8 Å². The SMILES string of the molecule is COc1cc(C2(C(=O)NCc3nccn3C)CC2)ccc1C. The smallest absolute Gasteiger partial charge is 0.231 e. The Morgan fingerprint density at radius 2 is 2.23 bits per heavy atom. The third-order valence-electron chi connectivity index (χ3n) is 4.47. The molecular formula is C17H21N3O2. The highest BCUT2D eigenvalue weighted by atomic mass is 16.5. The fraction of sp³-hybridized carbons (Fsp3) is 0.412. The molecule has 5 heteroatoms. The second-order valence-corrected chi connectivity index (χ2v) is 5.90. The molecule has 0 saturated heterocycles. The van der Waals surface area contributed by atoms with E-state index in [-0.39, 0.29) is 5.91 Å². The summed E-state index contributed by atoms with van der Waals surface area (Å²) in [5.41, 5.74) is 1.72. The van der Waals surface area contributed by atoms with E-state index >= 15 is 0 Å². The van der Waals surface area contributed by atoms with Gasteiger partial charge in [-0.1, -0.05) is 12.1 Å². The van der Waals surface area contributed by atoms with Crippen LogP contribution in [0.2, 0.25) is 0 Å². The largest absolute Gasteiger partial charge is 0.496 e. The number of hydrogen-bond donors (Lipinski definition) is 1. The Balaban J connectivity index is 1.75. The van der Waals surface area contributed by atoms with Gasteiger partial charge in [-0.15, -0.1) is 0 Å². The third-order valence-corrected chi connectivity index (χ3v) is 4.47. The molecule has 1 aromatic heterocycles. The van der Waals surface area contributed by atoms with Crippen LogP contribution in [0.4, 0.5) is 0 Å². The fourth-order valence-corrected chi connectivity index (χ4v) is 2.78. The summed E-state index contributed by atoms with van der Waals surface area (Å²) in [6.07, 6.45) is 5.37. The minimum atomic E-state index is -0.397. The van der Waals surface area contributed by atoms with Crippen LogP contribution in [0.1, 0.15) is 29.8 Å². The zero-order chi connectivity index (χ0) is 15.7. The molecule has 1 aliphatic rings. The van der Waals surface area contributed by atoms with Gasteiger partial charge in [0.2, 0.25) is 5.91 Å². The number of carbonyl (C=O) groups is 1. The van der Waals surface area contributed by atoms with E-state index in [9.17, 15) is 4.79 Å². The molecule has 116 valence electrons. The number of aryl methyl sites for hydroxylation is 2. The van der Waals surface area contributed by atoms with Gasteiger partial charge in [0.05, 0.1) is 19.1 Å². The number of amides is 1. The number of ether oxygens (including phenoxy) is 1. The Morgan fingerprint density at radius 1 is 1.45 bits per heavy atom. The lowest BCUT2D eigenvalue weighted by Crippen LogP contribution is -2.35. The van der Waals surface area contributed by atoms with Crippen molar-refractivity contribution in [1.82, 2.24) is 14.9 Å². The third kappa shape index (κ3) is 2.47. The summed E-state index contributed by atoms with van der Waals surface area (Å²) in [6, 6.07) is 6.04. The van der Waals surface area contributed by atoms with Gasteiger partial charge < -0.3 is 14.6 Å². The number of aromatic nitrogens is 2. The van der Waals surface area contributed by atoms with E-state index in [1.807, 2.05) is 42.9 Å². The predicted octanol–water partition coefficient (Wildman–Crippen LogP) is 2.09. The van der Waals surface area contributed by atoms with Crippen molar-refractivity contribution >= 4 is 5.91 Å². The van der Waals surface area contributed by atoms with Gasteiger partial charge in [0, 0.05) is 19.4 Å². The van der Waals surface area contributed by atoms with Gasteiger partial charge >= 0.3 is 0 Å². The van der Waals surface area contributed by atoms with Crippen LogP contribution in [0, 0.1) is 6.92 Å². The molecule has 0 atom stereocenters. The number of nitrogens with one attached hydrogen (secondary N) is 1. The monoisotopic (exact) mass is 299 g/mol. The number of methoxy groups -OCH3 is 1. The van der Waals surface area contributed by atoms with Crippen molar-refractivity contribution in [2.75, 3.05) is 7.11 Å². The highest BCUT2D eigenvalue weighted by molar-refractivity contribution is 5.91. The number of imidazole rings is 1. The molecule has 1 amide bonds. The van der Waals surface area contributed by atoms with E-state index in [1.165, 1.54) is 0 Å². The summed E-state index contributed by atoms with van der Waals surface area (Å²) in [4.78, 5) is 16.9. The Morgan fingerprint density at radius 3 is 2.82 bits per heavy atom. The second-order valence-electron chi connectivity index (χ2n) is 5.90. The van der Waals surface area contributed by atoms with Crippen molar-refractivity contribution in [2.45, 2.75) is 31.7 Å². The summed E-state index contributed by atoms with van der Waals surface area (Å²) < 4.78 is 7.29. The molecule has 1 aromatic carbocycles. The fourth-order valence-electron chi connectivity index (χ4n) is 2.78. The number of hydrogen-bond acceptors (Lipinski definition) is 3. The Hall–Kier alpha value is -2.30. The van der Waals surface area contributed by atoms with Crippen LogP contribution in [-0.4, -0.2) is 22.6 Å². The van der Waals surface area contributed by atoms with Gasteiger partial charge in [0.1, 0.15) is 11.6 Å². The highest BCUT2D eigenvalue weighted by Gasteiger charge is 2.51. The van der Waals surface area contributed by atoms with Crippen LogP contribution < -0.4 is 10.1 Å². The molecule has 2 aromatic rings. The van der Waals surface area contributed by atoms with E-state index in [2.05, 4.69) is 10.3 Å². The van der Waals surface area contributed by atoms with E-state index in [1.54, 1.807) is 13.3 Å². The average molecular weight is 299 g/mol. The maximum Gasteiger partial charge on any atom is 0.231 e. The summed E-state index contributed by atoms with van der Waals surface area (Å²) in [5, 5.41) is 3.02. The van der Waals surface area contributed by atoms with Gasteiger partial charge in [-0.3, -0.25) is 4.79 Å². The quantitative estimate of drug-likeness (QED) is 0.919. The maximum atomic E-state index is 12.6. The molecule has 1 N–H and O–H groups in total. The van der Waals surface area contributed by atoms with Gasteiger partial charge in [-0.05, 0) is 37.0 Å². The predicted molar refractivity (Wildman–Crippen MR) is 83.7 cm³/mol. The van der Waals surface area contributed by atoms with Gasteiger partial charge in [0.15, 0.2) is 0 Å². The zero-order valence-corrected chi connectivity index (χ0v) is 13.2. The molecule has 0 unspecified atom stereocenters. The first kappa shape index (κ1) is 14.6. The van der Waals surface area contributed by atoms with Gasteiger partial charge in [-0.2, -0.15) is 0 Å². The normalized spacial score (nSPS) is 15.4. The molecule has 0 bridgehead atoms. The summed E-state index contributed by atoms with van der Waals surface area (Å²) in [7, 11) is 3.58. The van der Waals surface area contributed by atoms with Gasteiger partial charge in [-0.25, -0.2) is 4.98 Å². The van der Waals surface area contributed by atoms with Crippen LogP contribution >= 0.6 is 0 Å². The topological polar surface area (TPSA) is 56.1 Å². The Labute approximate surface area is 130 Å². The van der Waals surface area contributed by atoms with Crippen LogP contribution in [0.3, 0.4) is 0 Å². The molecule has 1 saturated carbocycles. The molecule has 0 radical (unpaired) electrons. The van der Waals surface area contributed by atoms with Crippen molar-refractivity contribution in [3.63, 3.8) is 0 Å². The van der Waals surface area contributed by atoms with E-state index in [4.69, 9.17) is 4.74 Å². The van der Waals surface area contributed by atoms with Crippen molar-refractivity contribution < 1.29 is 9.53 Å². The highest BCUT2D eigenvalue weighted by Crippen LogP contribution is 2.49. The first-order valence-electron chi connectivity index (χ1n) is 7.46. The van der Waals surface area contributed by atoms with E-state index < -0.39 is 5.41 Å². The van der Waals surface area contributed by atoms with Crippen molar-refractivity contribution in [3.8, 4) is 5.75 Å². The van der Waals surface area contributed by atoms with E-state index in [0.717, 1.165) is 35.5 Å². The van der Waals surface area contributed by atoms with E-state index in [0.29, 0.717) is 6.54 Å². The summed E-state index contributed by atoms with van der Waals surface area (Å²) in [6.45, 7) is 2.45. The molecular weight excluding hydrogens is 278 g/mol. The lowest BCUT2D eigenvalue weighted by Gasteiger charge is -2.17. The summed E-state index contributed by atoms with van der Waals surface area (Å²) >= 11 is 0. The van der Waals surface area contributed by atoms with Crippen molar-refractivity contribution in [1.29, 1.82) is 0 Å². The molecule has 1 heterocycles. The van der Waals surface area contributed by atoms with Crippen molar-refractivity contribution in [2.24, 2.45) is 7.05 Å². The standard InChI is InChI=1S/C17H21N3O2/c1-12-4-5-13(10-14(12)22-3)17(6-7-17)16(21)19-11-15-18-8-9-20(15)2/h4-5,8-10H,6-7,11H2,1-3H3,(H,19,21). The number of rotatable bonds is 5.